The molecule has 0 saturated carbocycles. The summed E-state index contributed by atoms with van der Waals surface area (Å²) in [7, 11) is 0. The van der Waals surface area contributed by atoms with Crippen molar-refractivity contribution in [1.29, 1.82) is 0 Å². The Labute approximate surface area is 138 Å². The number of aromatic nitrogens is 4. The van der Waals surface area contributed by atoms with Gasteiger partial charge in [0.15, 0.2) is 0 Å². The van der Waals surface area contributed by atoms with Crippen molar-refractivity contribution < 1.29 is 14.2 Å². The molecule has 2 aromatic carbocycles. The Balaban J connectivity index is 1.50. The molecule has 0 radical (unpaired) electrons. The Bertz CT molecular complexity index is 779. The van der Waals surface area contributed by atoms with Crippen LogP contribution in [-0.2, 0) is 17.9 Å². The quantitative estimate of drug-likeness (QED) is 0.719. The predicted octanol–water partition coefficient (Wildman–Crippen LogP) is 2.06. The molecule has 0 bridgehead atoms. The topological polar surface area (TPSA) is 73.1 Å². The van der Waals surface area contributed by atoms with Gasteiger partial charge in [0.2, 0.25) is 5.82 Å². The lowest BCUT2D eigenvalue weighted by Gasteiger charge is -2.10. The largest absolute Gasteiger partial charge is 0.389 e. The molecule has 1 atom stereocenters. The van der Waals surface area contributed by atoms with E-state index < -0.39 is 6.10 Å². The molecule has 6 nitrogen and oxygen atoms in total. The second kappa shape index (κ2) is 7.76. The van der Waals surface area contributed by atoms with Gasteiger partial charge in [0.05, 0.1) is 25.9 Å². The van der Waals surface area contributed by atoms with Crippen LogP contribution in [0.25, 0.3) is 11.4 Å². The maximum absolute atomic E-state index is 13.4. The maximum Gasteiger partial charge on any atom is 0.204 e. The van der Waals surface area contributed by atoms with Crippen LogP contribution in [0.1, 0.15) is 5.56 Å². The van der Waals surface area contributed by atoms with E-state index in [2.05, 4.69) is 15.4 Å². The summed E-state index contributed by atoms with van der Waals surface area (Å²) in [6.45, 7) is 0.303. The van der Waals surface area contributed by atoms with Crippen molar-refractivity contribution in [2.75, 3.05) is 6.61 Å². The summed E-state index contributed by atoms with van der Waals surface area (Å²) < 4.78 is 18.8. The fourth-order valence-corrected chi connectivity index (χ4v) is 2.18. The lowest BCUT2D eigenvalue weighted by Crippen LogP contribution is -2.23. The first-order valence-corrected chi connectivity index (χ1v) is 7.55. The Morgan fingerprint density at radius 2 is 1.83 bits per heavy atom. The van der Waals surface area contributed by atoms with Crippen LogP contribution in [0, 0.1) is 5.82 Å². The molecule has 1 heterocycles. The van der Waals surface area contributed by atoms with Gasteiger partial charge in [-0.25, -0.2) is 4.39 Å². The second-order valence-corrected chi connectivity index (χ2v) is 5.29. The molecule has 0 aliphatic heterocycles. The van der Waals surface area contributed by atoms with Crippen molar-refractivity contribution in [2.45, 2.75) is 19.3 Å². The number of aliphatic hydroxyl groups is 1. The normalized spacial score (nSPS) is 12.2. The van der Waals surface area contributed by atoms with Gasteiger partial charge in [-0.3, -0.25) is 0 Å². The summed E-state index contributed by atoms with van der Waals surface area (Å²) in [6, 6.07) is 15.8. The molecule has 7 heteroatoms. The Morgan fingerprint density at radius 1 is 1.08 bits per heavy atom. The van der Waals surface area contributed by atoms with Crippen molar-refractivity contribution in [3.8, 4) is 11.4 Å². The van der Waals surface area contributed by atoms with Gasteiger partial charge in [-0.1, -0.05) is 48.5 Å². The van der Waals surface area contributed by atoms with Crippen LogP contribution in [0.2, 0.25) is 0 Å². The zero-order chi connectivity index (χ0) is 16.8. The first kappa shape index (κ1) is 16.2. The molecule has 3 rings (SSSR count). The molecule has 124 valence electrons. The lowest BCUT2D eigenvalue weighted by molar-refractivity contribution is 0.0156. The van der Waals surface area contributed by atoms with E-state index in [0.29, 0.717) is 11.4 Å². The van der Waals surface area contributed by atoms with E-state index in [0.717, 1.165) is 5.56 Å². The summed E-state index contributed by atoms with van der Waals surface area (Å²) in [4.78, 5) is 1.32. The van der Waals surface area contributed by atoms with Gasteiger partial charge in [0, 0.05) is 11.1 Å². The first-order chi connectivity index (χ1) is 11.7. The summed E-state index contributed by atoms with van der Waals surface area (Å²) in [5.74, 6) is 0.174. The van der Waals surface area contributed by atoms with Crippen molar-refractivity contribution in [3.63, 3.8) is 0 Å². The number of hydrogen-bond donors (Lipinski definition) is 1. The average molecular weight is 328 g/mol. The van der Waals surface area contributed by atoms with Crippen molar-refractivity contribution in [3.05, 3.63) is 66.0 Å². The minimum atomic E-state index is -0.811. The molecule has 24 heavy (non-hydrogen) atoms. The van der Waals surface area contributed by atoms with Gasteiger partial charge < -0.3 is 9.84 Å². The number of benzene rings is 2. The molecule has 0 spiro atoms. The highest BCUT2D eigenvalue weighted by atomic mass is 19.1. The van der Waals surface area contributed by atoms with E-state index in [9.17, 15) is 9.50 Å². The molecular formula is C17H17FN4O2. The molecule has 1 unspecified atom stereocenters. The molecule has 0 saturated heterocycles. The van der Waals surface area contributed by atoms with Gasteiger partial charge >= 0.3 is 0 Å². The highest BCUT2D eigenvalue weighted by Gasteiger charge is 2.11. The molecular weight excluding hydrogens is 311 g/mol. The number of aliphatic hydroxyl groups excluding tert-OH is 1. The van der Waals surface area contributed by atoms with E-state index >= 15 is 0 Å². The number of tetrazole rings is 1. The smallest absolute Gasteiger partial charge is 0.204 e. The Morgan fingerprint density at radius 3 is 2.62 bits per heavy atom. The molecule has 0 fully saturated rings. The summed E-state index contributed by atoms with van der Waals surface area (Å²) in [5, 5.41) is 22.1. The molecule has 0 aliphatic carbocycles. The van der Waals surface area contributed by atoms with Crippen molar-refractivity contribution >= 4 is 0 Å². The number of nitrogens with zero attached hydrogens (tertiary/aromatic N) is 4. The van der Waals surface area contributed by atoms with Crippen LogP contribution in [0.5, 0.6) is 0 Å². The van der Waals surface area contributed by atoms with Gasteiger partial charge in [0.1, 0.15) is 5.82 Å². The lowest BCUT2D eigenvalue weighted by atomic mass is 10.2. The van der Waals surface area contributed by atoms with Gasteiger partial charge in [-0.2, -0.15) is 4.80 Å². The third kappa shape index (κ3) is 4.21. The zero-order valence-electron chi connectivity index (χ0n) is 12.9. The average Bonchev–Trinajstić information content (AvgIpc) is 3.06. The molecule has 1 N–H and O–H groups in total. The number of hydrogen-bond acceptors (Lipinski definition) is 5. The maximum atomic E-state index is 13.4. The standard InChI is InChI=1S/C17H17FN4O2/c18-16-9-5-4-8-14(16)11-24-12-15(23)10-22-20-17(19-21-22)13-6-2-1-3-7-13/h1-9,15,23H,10-12H2. The van der Waals surface area contributed by atoms with E-state index in [1.807, 2.05) is 30.3 Å². The van der Waals surface area contributed by atoms with Crippen LogP contribution in [0.4, 0.5) is 4.39 Å². The van der Waals surface area contributed by atoms with Gasteiger partial charge in [-0.15, -0.1) is 10.2 Å². The third-order valence-electron chi connectivity index (χ3n) is 3.38. The monoisotopic (exact) mass is 328 g/mol. The number of halogens is 1. The summed E-state index contributed by atoms with van der Waals surface area (Å²) >= 11 is 0. The van der Waals surface area contributed by atoms with Crippen LogP contribution in [-0.4, -0.2) is 38.0 Å². The van der Waals surface area contributed by atoms with Crippen LogP contribution >= 0.6 is 0 Å². The fraction of sp³-hybridized carbons (Fsp3) is 0.235. The van der Waals surface area contributed by atoms with Crippen LogP contribution in [0.15, 0.2) is 54.6 Å². The molecule has 0 amide bonds. The Hall–Kier alpha value is -2.64. The van der Waals surface area contributed by atoms with E-state index in [4.69, 9.17) is 4.74 Å². The Kier molecular flexibility index (Phi) is 5.25. The SMILES string of the molecule is OC(COCc1ccccc1F)Cn1nnc(-c2ccccc2)n1. The molecule has 0 aliphatic rings. The van der Waals surface area contributed by atoms with Crippen molar-refractivity contribution in [1.82, 2.24) is 20.2 Å². The van der Waals surface area contributed by atoms with Crippen LogP contribution < -0.4 is 0 Å². The fourth-order valence-electron chi connectivity index (χ4n) is 2.18. The van der Waals surface area contributed by atoms with Crippen molar-refractivity contribution in [2.24, 2.45) is 0 Å². The van der Waals surface area contributed by atoms with Crippen LogP contribution in [0.3, 0.4) is 0 Å². The predicted molar refractivity (Wildman–Crippen MR) is 85.3 cm³/mol. The highest BCUT2D eigenvalue weighted by Crippen LogP contribution is 2.12. The first-order valence-electron chi connectivity index (χ1n) is 7.55. The van der Waals surface area contributed by atoms with E-state index in [-0.39, 0.29) is 25.6 Å². The number of ether oxygens (including phenoxy) is 1. The molecule has 1 aromatic heterocycles. The molecule has 3 aromatic rings. The van der Waals surface area contributed by atoms with E-state index in [1.165, 1.54) is 10.9 Å². The summed E-state index contributed by atoms with van der Waals surface area (Å²) in [6.07, 6.45) is -0.811. The van der Waals surface area contributed by atoms with E-state index in [1.54, 1.807) is 18.2 Å². The second-order valence-electron chi connectivity index (χ2n) is 5.29. The summed E-state index contributed by atoms with van der Waals surface area (Å²) in [5.41, 5.74) is 1.31. The zero-order valence-corrected chi connectivity index (χ0v) is 12.9. The highest BCUT2D eigenvalue weighted by molar-refractivity contribution is 5.52. The number of rotatable bonds is 7. The minimum absolute atomic E-state index is 0.0521. The van der Waals surface area contributed by atoms with Gasteiger partial charge in [-0.05, 0) is 11.3 Å². The van der Waals surface area contributed by atoms with Gasteiger partial charge in [0.25, 0.3) is 0 Å². The minimum Gasteiger partial charge on any atom is -0.389 e. The third-order valence-corrected chi connectivity index (χ3v) is 3.38.